The Morgan fingerprint density at radius 2 is 1.54 bits per heavy atom. The van der Waals surface area contributed by atoms with E-state index in [2.05, 4.69) is 34.7 Å². The van der Waals surface area contributed by atoms with Crippen molar-refractivity contribution in [2.45, 2.75) is 32.1 Å². The summed E-state index contributed by atoms with van der Waals surface area (Å²) in [5, 5.41) is 6.52. The summed E-state index contributed by atoms with van der Waals surface area (Å²) in [6.45, 7) is 0. The van der Waals surface area contributed by atoms with Gasteiger partial charge in [0.15, 0.2) is 22.6 Å². The second-order valence-corrected chi connectivity index (χ2v) is 8.37. The number of carbonyl (C=O) groups excluding carboxylic acids is 1. The van der Waals surface area contributed by atoms with Crippen LogP contribution in [0.3, 0.4) is 0 Å². The molecule has 0 saturated heterocycles. The van der Waals surface area contributed by atoms with E-state index in [9.17, 15) is 9.59 Å². The van der Waals surface area contributed by atoms with Gasteiger partial charge in [-0.2, -0.15) is 5.10 Å². The first-order chi connectivity index (χ1) is 17.0. The Morgan fingerprint density at radius 3 is 2.23 bits per heavy atom. The topological polar surface area (TPSA) is 124 Å². The van der Waals surface area contributed by atoms with E-state index in [0.29, 0.717) is 16.6 Å². The summed E-state index contributed by atoms with van der Waals surface area (Å²) in [6.07, 6.45) is 5.49. The predicted molar refractivity (Wildman–Crippen MR) is 139 cm³/mol. The van der Waals surface area contributed by atoms with Crippen LogP contribution in [0.1, 0.15) is 46.5 Å². The number of nitrogens with two attached hydrogens (primary N) is 2. The second kappa shape index (κ2) is 11.2. The number of amides is 1. The maximum atomic E-state index is 12.9. The van der Waals surface area contributed by atoms with Gasteiger partial charge in [0.25, 0.3) is 5.91 Å². The Morgan fingerprint density at radius 1 is 0.857 bits per heavy atom. The summed E-state index contributed by atoms with van der Waals surface area (Å²) in [5.41, 5.74) is 9.03. The Labute approximate surface area is 203 Å². The molecule has 0 radical (unpaired) electrons. The molecular formula is C28H28N4O3. The van der Waals surface area contributed by atoms with Crippen LogP contribution < -0.4 is 22.3 Å². The molecule has 7 nitrogen and oxygen atoms in total. The maximum Gasteiger partial charge on any atom is 0.255 e. The molecule has 7 heteroatoms. The Hall–Kier alpha value is -4.39. The number of para-hydroxylation sites is 1. The Bertz CT molecular complexity index is 1390. The molecule has 5 N–H and O–H groups in total. The Balaban J connectivity index is 1.37. The summed E-state index contributed by atoms with van der Waals surface area (Å²) in [7, 11) is 0. The highest BCUT2D eigenvalue weighted by molar-refractivity contribution is 6.08. The number of unbranched alkanes of at least 4 members (excludes halogenated alkanes) is 2. The molecule has 0 spiro atoms. The molecule has 1 aromatic heterocycles. The third-order valence-corrected chi connectivity index (χ3v) is 5.88. The van der Waals surface area contributed by atoms with Gasteiger partial charge in [0.2, 0.25) is 0 Å². The molecule has 178 valence electrons. The monoisotopic (exact) mass is 468 g/mol. The van der Waals surface area contributed by atoms with Gasteiger partial charge in [-0.25, -0.2) is 0 Å². The number of hydrogen-bond acceptors (Lipinski definition) is 5. The van der Waals surface area contributed by atoms with E-state index in [4.69, 9.17) is 16.0 Å². The first-order valence-corrected chi connectivity index (χ1v) is 11.6. The number of amidine groups is 1. The van der Waals surface area contributed by atoms with Crippen molar-refractivity contribution < 1.29 is 9.21 Å². The van der Waals surface area contributed by atoms with Gasteiger partial charge in [-0.3, -0.25) is 9.59 Å². The number of rotatable bonds is 9. The fourth-order valence-corrected chi connectivity index (χ4v) is 3.96. The van der Waals surface area contributed by atoms with Gasteiger partial charge in [0, 0.05) is 11.6 Å². The van der Waals surface area contributed by atoms with Crippen molar-refractivity contribution in [2.75, 3.05) is 5.32 Å². The highest BCUT2D eigenvalue weighted by atomic mass is 16.3. The van der Waals surface area contributed by atoms with E-state index in [0.717, 1.165) is 32.1 Å². The summed E-state index contributed by atoms with van der Waals surface area (Å²) >= 11 is 0. The lowest BCUT2D eigenvalue weighted by molar-refractivity contribution is 0.102. The standard InChI is InChI=1S/C28H28N4O3/c29-27(32-30)25-18-24(33)22-12-7-13-23(26(22)35-25)31-28(34)21-16-14-20(15-17-21)11-6-2-5-10-19-8-3-1-4-9-19/h1,3-4,7-9,12-18H,2,5-6,10-11,30H2,(H2,29,32)(H,31,34). The van der Waals surface area contributed by atoms with Gasteiger partial charge in [-0.1, -0.05) is 55.0 Å². The second-order valence-electron chi connectivity index (χ2n) is 8.37. The zero-order valence-electron chi connectivity index (χ0n) is 19.4. The highest BCUT2D eigenvalue weighted by Crippen LogP contribution is 2.23. The summed E-state index contributed by atoms with van der Waals surface area (Å²) in [6, 6.07) is 24.3. The molecule has 3 aromatic carbocycles. The van der Waals surface area contributed by atoms with Crippen LogP contribution in [-0.2, 0) is 12.8 Å². The van der Waals surface area contributed by atoms with E-state index < -0.39 is 0 Å². The summed E-state index contributed by atoms with van der Waals surface area (Å²) in [4.78, 5) is 25.3. The first kappa shape index (κ1) is 23.8. The van der Waals surface area contributed by atoms with Crippen molar-refractivity contribution in [3.05, 3.63) is 112 Å². The maximum absolute atomic E-state index is 12.9. The molecule has 1 amide bonds. The number of anilines is 1. The van der Waals surface area contributed by atoms with Crippen LogP contribution in [0.4, 0.5) is 5.69 Å². The van der Waals surface area contributed by atoms with E-state index >= 15 is 0 Å². The third kappa shape index (κ3) is 5.95. The zero-order valence-corrected chi connectivity index (χ0v) is 19.4. The van der Waals surface area contributed by atoms with Gasteiger partial charge < -0.3 is 21.3 Å². The molecule has 0 atom stereocenters. The van der Waals surface area contributed by atoms with Crippen molar-refractivity contribution in [1.82, 2.24) is 0 Å². The van der Waals surface area contributed by atoms with Crippen LogP contribution in [0.5, 0.6) is 0 Å². The van der Waals surface area contributed by atoms with Crippen LogP contribution in [0, 0.1) is 0 Å². The van der Waals surface area contributed by atoms with Crippen LogP contribution in [0.15, 0.2) is 93.2 Å². The average Bonchev–Trinajstić information content (AvgIpc) is 2.89. The molecule has 0 aliphatic heterocycles. The first-order valence-electron chi connectivity index (χ1n) is 11.6. The largest absolute Gasteiger partial charge is 0.450 e. The van der Waals surface area contributed by atoms with Crippen molar-refractivity contribution >= 4 is 28.4 Å². The molecule has 0 unspecified atom stereocenters. The van der Waals surface area contributed by atoms with Gasteiger partial charge in [-0.05, 0) is 61.1 Å². The normalized spacial score (nSPS) is 11.5. The number of nitrogens with zero attached hydrogens (tertiary/aromatic N) is 1. The molecule has 0 aliphatic rings. The number of carbonyl (C=O) groups is 1. The Kier molecular flexibility index (Phi) is 7.57. The molecule has 0 aliphatic carbocycles. The van der Waals surface area contributed by atoms with E-state index in [-0.39, 0.29) is 28.5 Å². The fourth-order valence-electron chi connectivity index (χ4n) is 3.96. The average molecular weight is 469 g/mol. The highest BCUT2D eigenvalue weighted by Gasteiger charge is 2.14. The van der Waals surface area contributed by atoms with Crippen molar-refractivity contribution in [2.24, 2.45) is 16.7 Å². The third-order valence-electron chi connectivity index (χ3n) is 5.88. The van der Waals surface area contributed by atoms with E-state index in [1.165, 1.54) is 17.2 Å². The van der Waals surface area contributed by atoms with Gasteiger partial charge >= 0.3 is 0 Å². The summed E-state index contributed by atoms with van der Waals surface area (Å²) in [5.74, 6) is 4.83. The molecule has 4 rings (SSSR count). The van der Waals surface area contributed by atoms with Crippen molar-refractivity contribution in [1.29, 1.82) is 0 Å². The molecule has 0 saturated carbocycles. The number of hydrazone groups is 1. The molecule has 1 heterocycles. The SMILES string of the molecule is N/N=C(\N)c1cc(=O)c2cccc(NC(=O)c3ccc(CCCCCc4ccccc4)cc3)c2o1. The van der Waals surface area contributed by atoms with E-state index in [1.54, 1.807) is 30.3 Å². The minimum absolute atomic E-state index is 0.0415. The smallest absolute Gasteiger partial charge is 0.255 e. The minimum Gasteiger partial charge on any atom is -0.450 e. The number of aryl methyl sites for hydroxylation is 2. The number of hydrogen-bond donors (Lipinski definition) is 3. The number of fused-ring (bicyclic) bond motifs is 1. The lowest BCUT2D eigenvalue weighted by Crippen LogP contribution is -2.18. The van der Waals surface area contributed by atoms with Crippen LogP contribution >= 0.6 is 0 Å². The summed E-state index contributed by atoms with van der Waals surface area (Å²) < 4.78 is 5.72. The van der Waals surface area contributed by atoms with Crippen molar-refractivity contribution in [3.8, 4) is 0 Å². The quantitative estimate of drug-likeness (QED) is 0.109. The van der Waals surface area contributed by atoms with Crippen LogP contribution in [-0.4, -0.2) is 11.7 Å². The lowest BCUT2D eigenvalue weighted by Gasteiger charge is -2.09. The number of nitrogens with one attached hydrogen (secondary N) is 1. The molecule has 35 heavy (non-hydrogen) atoms. The van der Waals surface area contributed by atoms with Gasteiger partial charge in [-0.15, -0.1) is 0 Å². The van der Waals surface area contributed by atoms with E-state index in [1.807, 2.05) is 18.2 Å². The van der Waals surface area contributed by atoms with Gasteiger partial charge in [0.1, 0.15) is 0 Å². The van der Waals surface area contributed by atoms with Gasteiger partial charge in [0.05, 0.1) is 11.1 Å². The lowest BCUT2D eigenvalue weighted by atomic mass is 10.0. The molecule has 0 bridgehead atoms. The van der Waals surface area contributed by atoms with Crippen LogP contribution in [0.2, 0.25) is 0 Å². The molecule has 4 aromatic rings. The minimum atomic E-state index is -0.308. The molecule has 0 fully saturated rings. The predicted octanol–water partition coefficient (Wildman–Crippen LogP) is 4.58. The van der Waals surface area contributed by atoms with Crippen molar-refractivity contribution in [3.63, 3.8) is 0 Å². The van der Waals surface area contributed by atoms with Crippen LogP contribution in [0.25, 0.3) is 11.0 Å². The zero-order chi connectivity index (χ0) is 24.6. The molecular weight excluding hydrogens is 440 g/mol. The number of benzene rings is 3. The fraction of sp³-hybridized carbons (Fsp3) is 0.179.